The number of nitrogens with one attached hydrogen (secondary N) is 1. The molecule has 1 saturated carbocycles. The SMILES string of the molecule is [C-]#[N+]c1ccc(Nc2ncc3c(n2)n(C2CCC(C#N)CC2)c(=O)n3C)c(C)c1. The Morgan fingerprint density at radius 3 is 2.72 bits per heavy atom. The van der Waals surface area contributed by atoms with Crippen molar-refractivity contribution in [3.05, 3.63) is 51.9 Å². The predicted octanol–water partition coefficient (Wildman–Crippen LogP) is 3.99. The summed E-state index contributed by atoms with van der Waals surface area (Å²) in [5, 5.41) is 12.3. The molecule has 2 aromatic heterocycles. The molecule has 3 aromatic rings. The third-order valence-electron chi connectivity index (χ3n) is 5.66. The van der Waals surface area contributed by atoms with E-state index < -0.39 is 0 Å². The number of hydrogen-bond acceptors (Lipinski definition) is 5. The molecule has 8 heteroatoms. The summed E-state index contributed by atoms with van der Waals surface area (Å²) in [6, 6.07) is 7.76. The highest BCUT2D eigenvalue weighted by molar-refractivity contribution is 5.73. The Kier molecular flexibility index (Phi) is 4.77. The van der Waals surface area contributed by atoms with E-state index in [9.17, 15) is 4.79 Å². The first-order valence-electron chi connectivity index (χ1n) is 9.60. The zero-order chi connectivity index (χ0) is 20.5. The smallest absolute Gasteiger partial charge is 0.324 e. The summed E-state index contributed by atoms with van der Waals surface area (Å²) in [5.74, 6) is 0.478. The van der Waals surface area contributed by atoms with Crippen LogP contribution < -0.4 is 11.0 Å². The number of imidazole rings is 1. The van der Waals surface area contributed by atoms with Crippen LogP contribution in [0.5, 0.6) is 0 Å². The fourth-order valence-corrected chi connectivity index (χ4v) is 3.97. The highest BCUT2D eigenvalue weighted by atomic mass is 16.1. The molecule has 4 rings (SSSR count). The van der Waals surface area contributed by atoms with Crippen LogP contribution in [-0.4, -0.2) is 19.1 Å². The maximum Gasteiger partial charge on any atom is 0.330 e. The van der Waals surface area contributed by atoms with Gasteiger partial charge >= 0.3 is 5.69 Å². The van der Waals surface area contributed by atoms with Gasteiger partial charge in [-0.2, -0.15) is 10.2 Å². The van der Waals surface area contributed by atoms with Gasteiger partial charge in [-0.25, -0.2) is 14.6 Å². The molecule has 2 heterocycles. The Balaban J connectivity index is 1.71. The van der Waals surface area contributed by atoms with Gasteiger partial charge in [0, 0.05) is 24.7 Å². The third kappa shape index (κ3) is 3.34. The predicted molar refractivity (Wildman–Crippen MR) is 110 cm³/mol. The minimum atomic E-state index is -0.107. The van der Waals surface area contributed by atoms with Gasteiger partial charge in [0.15, 0.2) is 11.3 Å². The largest absolute Gasteiger partial charge is 0.330 e. The first-order valence-corrected chi connectivity index (χ1v) is 9.60. The van der Waals surface area contributed by atoms with E-state index in [1.165, 1.54) is 0 Å². The quantitative estimate of drug-likeness (QED) is 0.686. The average Bonchev–Trinajstić information content (AvgIpc) is 2.99. The molecule has 0 amide bonds. The topological polar surface area (TPSA) is 92.9 Å². The maximum absolute atomic E-state index is 12.9. The van der Waals surface area contributed by atoms with Crippen molar-refractivity contribution < 1.29 is 0 Å². The lowest BCUT2D eigenvalue weighted by Gasteiger charge is -2.25. The molecule has 0 unspecified atom stereocenters. The summed E-state index contributed by atoms with van der Waals surface area (Å²) in [5.41, 5.74) is 3.49. The molecule has 0 aliphatic heterocycles. The van der Waals surface area contributed by atoms with Crippen molar-refractivity contribution in [2.24, 2.45) is 13.0 Å². The molecule has 1 N–H and O–H groups in total. The summed E-state index contributed by atoms with van der Waals surface area (Å²) < 4.78 is 3.33. The Hall–Kier alpha value is -3.65. The van der Waals surface area contributed by atoms with Gasteiger partial charge in [0.05, 0.1) is 18.8 Å². The number of benzene rings is 1. The molecule has 1 aliphatic carbocycles. The molecule has 0 radical (unpaired) electrons. The van der Waals surface area contributed by atoms with E-state index in [0.717, 1.165) is 36.9 Å². The van der Waals surface area contributed by atoms with E-state index in [2.05, 4.69) is 26.2 Å². The van der Waals surface area contributed by atoms with E-state index in [4.69, 9.17) is 11.8 Å². The van der Waals surface area contributed by atoms with E-state index in [-0.39, 0.29) is 17.6 Å². The van der Waals surface area contributed by atoms with Crippen LogP contribution in [0.2, 0.25) is 0 Å². The van der Waals surface area contributed by atoms with Crippen molar-refractivity contribution in [3.8, 4) is 6.07 Å². The van der Waals surface area contributed by atoms with Gasteiger partial charge in [-0.3, -0.25) is 9.13 Å². The van der Waals surface area contributed by atoms with Gasteiger partial charge in [0.25, 0.3) is 0 Å². The van der Waals surface area contributed by atoms with Crippen molar-refractivity contribution in [2.45, 2.75) is 38.6 Å². The van der Waals surface area contributed by atoms with Crippen molar-refractivity contribution in [2.75, 3.05) is 5.32 Å². The normalized spacial score (nSPS) is 18.9. The molecule has 1 fully saturated rings. The van der Waals surface area contributed by atoms with Gasteiger partial charge in [0.2, 0.25) is 5.95 Å². The first kappa shape index (κ1) is 18.7. The molecular weight excluding hydrogens is 366 g/mol. The lowest BCUT2D eigenvalue weighted by Crippen LogP contribution is -2.28. The third-order valence-corrected chi connectivity index (χ3v) is 5.66. The molecule has 1 aliphatic rings. The van der Waals surface area contributed by atoms with Gasteiger partial charge in [-0.15, -0.1) is 0 Å². The summed E-state index contributed by atoms with van der Waals surface area (Å²) in [6.07, 6.45) is 4.84. The van der Waals surface area contributed by atoms with E-state index in [0.29, 0.717) is 22.8 Å². The van der Waals surface area contributed by atoms with Crippen LogP contribution in [0.3, 0.4) is 0 Å². The Labute approximate surface area is 168 Å². The number of nitrogens with zero attached hydrogens (tertiary/aromatic N) is 6. The Morgan fingerprint density at radius 1 is 1.31 bits per heavy atom. The molecule has 8 nitrogen and oxygen atoms in total. The second kappa shape index (κ2) is 7.40. The molecule has 0 saturated heterocycles. The Bertz CT molecular complexity index is 1220. The molecule has 0 bridgehead atoms. The minimum absolute atomic E-state index is 0.0400. The number of anilines is 2. The van der Waals surface area contributed by atoms with Crippen LogP contribution in [-0.2, 0) is 7.05 Å². The molecule has 146 valence electrons. The zero-order valence-corrected chi connectivity index (χ0v) is 16.4. The molecular formula is C21H21N7O. The van der Waals surface area contributed by atoms with Crippen molar-refractivity contribution in [1.29, 1.82) is 5.26 Å². The minimum Gasteiger partial charge on any atom is -0.324 e. The van der Waals surface area contributed by atoms with Crippen LogP contribution in [0.1, 0.15) is 37.3 Å². The fraction of sp³-hybridized carbons (Fsp3) is 0.381. The van der Waals surface area contributed by atoms with Crippen LogP contribution >= 0.6 is 0 Å². The first-order chi connectivity index (χ1) is 14.0. The van der Waals surface area contributed by atoms with Gasteiger partial charge in [-0.1, -0.05) is 12.1 Å². The molecule has 0 atom stereocenters. The molecule has 0 spiro atoms. The zero-order valence-electron chi connectivity index (χ0n) is 16.4. The molecule has 1 aromatic carbocycles. The average molecular weight is 387 g/mol. The highest BCUT2D eigenvalue weighted by Gasteiger charge is 2.26. The van der Waals surface area contributed by atoms with E-state index in [1.807, 2.05) is 13.0 Å². The second-order valence-corrected chi connectivity index (χ2v) is 7.48. The van der Waals surface area contributed by atoms with E-state index >= 15 is 0 Å². The summed E-state index contributed by atoms with van der Waals surface area (Å²) in [7, 11) is 1.73. The lowest BCUT2D eigenvalue weighted by atomic mass is 9.87. The van der Waals surface area contributed by atoms with Gasteiger partial charge in [0.1, 0.15) is 5.52 Å². The number of hydrogen-bond donors (Lipinski definition) is 1. The second-order valence-electron chi connectivity index (χ2n) is 7.48. The number of aryl methyl sites for hydroxylation is 2. The van der Waals surface area contributed by atoms with Crippen LogP contribution in [0.4, 0.5) is 17.3 Å². The van der Waals surface area contributed by atoms with E-state index in [1.54, 1.807) is 34.5 Å². The van der Waals surface area contributed by atoms with Crippen molar-refractivity contribution >= 4 is 28.5 Å². The lowest BCUT2D eigenvalue weighted by molar-refractivity contribution is 0.311. The van der Waals surface area contributed by atoms with Crippen LogP contribution in [0.25, 0.3) is 16.0 Å². The highest BCUT2D eigenvalue weighted by Crippen LogP contribution is 2.33. The summed E-state index contributed by atoms with van der Waals surface area (Å²) in [6.45, 7) is 9.04. The number of aromatic nitrogens is 4. The Morgan fingerprint density at radius 2 is 2.07 bits per heavy atom. The van der Waals surface area contributed by atoms with Crippen LogP contribution in [0, 0.1) is 30.7 Å². The maximum atomic E-state index is 12.9. The number of rotatable bonds is 3. The van der Waals surface area contributed by atoms with Crippen molar-refractivity contribution in [3.63, 3.8) is 0 Å². The molecule has 29 heavy (non-hydrogen) atoms. The summed E-state index contributed by atoms with van der Waals surface area (Å²) >= 11 is 0. The van der Waals surface area contributed by atoms with Crippen molar-refractivity contribution in [1.82, 2.24) is 19.1 Å². The van der Waals surface area contributed by atoms with Crippen LogP contribution in [0.15, 0.2) is 29.2 Å². The van der Waals surface area contributed by atoms with Gasteiger partial charge in [-0.05, 0) is 44.2 Å². The summed E-state index contributed by atoms with van der Waals surface area (Å²) in [4.78, 5) is 25.3. The number of nitriles is 1. The number of fused-ring (bicyclic) bond motifs is 1. The fourth-order valence-electron chi connectivity index (χ4n) is 3.97. The standard InChI is InChI=1S/C21H21N7O/c1-13-10-15(23-2)6-9-17(13)25-20-24-12-18-19(26-20)28(21(29)27(18)3)16-7-4-14(11-22)5-8-16/h6,9-10,12,14,16H,4-5,7-8H2,1,3H3,(H,24,25,26). The monoisotopic (exact) mass is 387 g/mol. The van der Waals surface area contributed by atoms with Gasteiger partial charge < -0.3 is 5.32 Å².